The molecule has 4 heteroatoms. The zero-order valence-corrected chi connectivity index (χ0v) is 12.7. The predicted octanol–water partition coefficient (Wildman–Crippen LogP) is 3.29. The molecular formula is C17H21N3O. The molecule has 0 bridgehead atoms. The van der Waals surface area contributed by atoms with Gasteiger partial charge >= 0.3 is 0 Å². The number of benzene rings is 1. The largest absolute Gasteiger partial charge is 0.378 e. The van der Waals surface area contributed by atoms with E-state index in [-0.39, 0.29) is 0 Å². The van der Waals surface area contributed by atoms with Crippen molar-refractivity contribution < 1.29 is 4.74 Å². The number of hydrogen-bond acceptors (Lipinski definition) is 3. The number of rotatable bonds is 5. The lowest BCUT2D eigenvalue weighted by atomic mass is 9.80. The second kappa shape index (κ2) is 5.87. The number of imidazole rings is 1. The molecule has 0 spiro atoms. The summed E-state index contributed by atoms with van der Waals surface area (Å²) >= 11 is 0. The van der Waals surface area contributed by atoms with Crippen LogP contribution in [0.5, 0.6) is 0 Å². The number of ether oxygens (including phenoxy) is 1. The third-order valence-corrected chi connectivity index (χ3v) is 4.34. The number of nitriles is 1. The Balaban J connectivity index is 1.80. The Morgan fingerprint density at radius 2 is 2.19 bits per heavy atom. The number of nitrogens with zero attached hydrogens (tertiary/aromatic N) is 3. The third kappa shape index (κ3) is 2.66. The van der Waals surface area contributed by atoms with E-state index in [2.05, 4.69) is 24.5 Å². The summed E-state index contributed by atoms with van der Waals surface area (Å²) in [5.74, 6) is 1.82. The molecule has 0 radical (unpaired) electrons. The highest BCUT2D eigenvalue weighted by atomic mass is 16.5. The van der Waals surface area contributed by atoms with Crippen LogP contribution >= 0.6 is 0 Å². The van der Waals surface area contributed by atoms with Crippen LogP contribution in [0, 0.1) is 17.2 Å². The first kappa shape index (κ1) is 14.1. The summed E-state index contributed by atoms with van der Waals surface area (Å²) in [6.45, 7) is 5.92. The molecule has 2 aromatic rings. The van der Waals surface area contributed by atoms with Gasteiger partial charge < -0.3 is 9.30 Å². The first-order chi connectivity index (χ1) is 10.2. The lowest BCUT2D eigenvalue weighted by molar-refractivity contribution is -0.0246. The normalized spacial score (nSPS) is 21.2. The molecule has 1 aliphatic rings. The standard InChI is InChI=1S/C17H21N3O/c1-3-20-16-6-5-12(11-18)9-15(16)19-17(20)10-13-7-14(8-13)21-4-2/h5-6,9,13-14H,3-4,7-8,10H2,1-2H3. The van der Waals surface area contributed by atoms with Crippen LogP contribution in [0.1, 0.15) is 38.1 Å². The van der Waals surface area contributed by atoms with Gasteiger partial charge in [0, 0.05) is 19.6 Å². The zero-order valence-electron chi connectivity index (χ0n) is 12.7. The molecule has 0 unspecified atom stereocenters. The van der Waals surface area contributed by atoms with Gasteiger partial charge in [0.05, 0.1) is 28.8 Å². The second-order valence-electron chi connectivity index (χ2n) is 5.71. The minimum absolute atomic E-state index is 0.449. The summed E-state index contributed by atoms with van der Waals surface area (Å²) in [5, 5.41) is 9.00. The lowest BCUT2D eigenvalue weighted by Gasteiger charge is -2.34. The summed E-state index contributed by atoms with van der Waals surface area (Å²) in [6, 6.07) is 7.95. The second-order valence-corrected chi connectivity index (χ2v) is 5.71. The Morgan fingerprint density at radius 1 is 1.38 bits per heavy atom. The van der Waals surface area contributed by atoms with Crippen LogP contribution in [0.2, 0.25) is 0 Å². The minimum atomic E-state index is 0.449. The molecule has 1 aliphatic carbocycles. The Hall–Kier alpha value is -1.86. The van der Waals surface area contributed by atoms with Crippen molar-refractivity contribution in [3.63, 3.8) is 0 Å². The molecule has 0 N–H and O–H groups in total. The van der Waals surface area contributed by atoms with Crippen LogP contribution in [-0.2, 0) is 17.7 Å². The van der Waals surface area contributed by atoms with Crippen molar-refractivity contribution in [3.05, 3.63) is 29.6 Å². The van der Waals surface area contributed by atoms with E-state index in [4.69, 9.17) is 15.0 Å². The van der Waals surface area contributed by atoms with Gasteiger partial charge in [-0.25, -0.2) is 4.98 Å². The van der Waals surface area contributed by atoms with Gasteiger partial charge in [-0.15, -0.1) is 0 Å². The van der Waals surface area contributed by atoms with Crippen LogP contribution in [-0.4, -0.2) is 22.3 Å². The summed E-state index contributed by atoms with van der Waals surface area (Å²) < 4.78 is 7.90. The highest BCUT2D eigenvalue weighted by molar-refractivity contribution is 5.77. The SMILES string of the molecule is CCOC1CC(Cc2nc3cc(C#N)ccc3n2CC)C1. The average Bonchev–Trinajstić information content (AvgIpc) is 2.81. The number of aromatic nitrogens is 2. The smallest absolute Gasteiger partial charge is 0.110 e. The van der Waals surface area contributed by atoms with E-state index in [1.54, 1.807) is 0 Å². The van der Waals surface area contributed by atoms with Crippen molar-refractivity contribution in [3.8, 4) is 6.07 Å². The Morgan fingerprint density at radius 3 is 2.86 bits per heavy atom. The van der Waals surface area contributed by atoms with Crippen molar-refractivity contribution >= 4 is 11.0 Å². The van der Waals surface area contributed by atoms with E-state index >= 15 is 0 Å². The molecule has 110 valence electrons. The molecule has 1 aromatic heterocycles. The van der Waals surface area contributed by atoms with E-state index in [0.717, 1.165) is 49.3 Å². The van der Waals surface area contributed by atoms with Gasteiger partial charge in [-0.2, -0.15) is 5.26 Å². The summed E-state index contributed by atoms with van der Waals surface area (Å²) in [4.78, 5) is 4.76. The van der Waals surface area contributed by atoms with Crippen LogP contribution in [0.3, 0.4) is 0 Å². The first-order valence-electron chi connectivity index (χ1n) is 7.76. The van der Waals surface area contributed by atoms with Gasteiger partial charge in [-0.05, 0) is 50.8 Å². The maximum absolute atomic E-state index is 9.00. The fourth-order valence-corrected chi connectivity index (χ4v) is 3.23. The molecule has 0 aliphatic heterocycles. The fourth-order valence-electron chi connectivity index (χ4n) is 3.23. The van der Waals surface area contributed by atoms with Gasteiger partial charge in [-0.3, -0.25) is 0 Å². The maximum atomic E-state index is 9.00. The Kier molecular flexibility index (Phi) is 3.94. The number of hydrogen-bond donors (Lipinski definition) is 0. The van der Waals surface area contributed by atoms with E-state index < -0.39 is 0 Å². The Bertz CT molecular complexity index is 677. The molecule has 0 atom stereocenters. The summed E-state index contributed by atoms with van der Waals surface area (Å²) in [6.07, 6.45) is 3.74. The van der Waals surface area contributed by atoms with Crippen molar-refractivity contribution in [2.75, 3.05) is 6.61 Å². The molecule has 1 saturated carbocycles. The van der Waals surface area contributed by atoms with Crippen molar-refractivity contribution in [1.82, 2.24) is 9.55 Å². The topological polar surface area (TPSA) is 50.8 Å². The van der Waals surface area contributed by atoms with Crippen LogP contribution in [0.15, 0.2) is 18.2 Å². The zero-order chi connectivity index (χ0) is 14.8. The highest BCUT2D eigenvalue weighted by Gasteiger charge is 2.30. The summed E-state index contributed by atoms with van der Waals surface area (Å²) in [5.41, 5.74) is 2.74. The maximum Gasteiger partial charge on any atom is 0.110 e. The molecule has 0 saturated heterocycles. The highest BCUT2D eigenvalue weighted by Crippen LogP contribution is 2.33. The molecule has 1 fully saturated rings. The van der Waals surface area contributed by atoms with E-state index in [0.29, 0.717) is 17.6 Å². The van der Waals surface area contributed by atoms with Crippen molar-refractivity contribution in [2.45, 2.75) is 45.8 Å². The van der Waals surface area contributed by atoms with Gasteiger partial charge in [0.1, 0.15) is 5.82 Å². The quantitative estimate of drug-likeness (QED) is 0.846. The third-order valence-electron chi connectivity index (χ3n) is 4.34. The number of aryl methyl sites for hydroxylation is 1. The van der Waals surface area contributed by atoms with Gasteiger partial charge in [0.25, 0.3) is 0 Å². The number of fused-ring (bicyclic) bond motifs is 1. The molecule has 1 aromatic carbocycles. The first-order valence-corrected chi connectivity index (χ1v) is 7.76. The van der Waals surface area contributed by atoms with E-state index in [1.165, 1.54) is 0 Å². The van der Waals surface area contributed by atoms with Crippen molar-refractivity contribution in [1.29, 1.82) is 5.26 Å². The van der Waals surface area contributed by atoms with Crippen LogP contribution < -0.4 is 0 Å². The van der Waals surface area contributed by atoms with E-state index in [9.17, 15) is 0 Å². The predicted molar refractivity (Wildman–Crippen MR) is 82.0 cm³/mol. The molecule has 21 heavy (non-hydrogen) atoms. The molecule has 1 heterocycles. The minimum Gasteiger partial charge on any atom is -0.378 e. The van der Waals surface area contributed by atoms with Crippen LogP contribution in [0.25, 0.3) is 11.0 Å². The van der Waals surface area contributed by atoms with Crippen molar-refractivity contribution in [2.24, 2.45) is 5.92 Å². The fraction of sp³-hybridized carbons (Fsp3) is 0.529. The molecule has 0 amide bonds. The van der Waals surface area contributed by atoms with Gasteiger partial charge in [0.2, 0.25) is 0 Å². The summed E-state index contributed by atoms with van der Waals surface area (Å²) in [7, 11) is 0. The average molecular weight is 283 g/mol. The van der Waals surface area contributed by atoms with Crippen LogP contribution in [0.4, 0.5) is 0 Å². The monoisotopic (exact) mass is 283 g/mol. The molecule has 4 nitrogen and oxygen atoms in total. The van der Waals surface area contributed by atoms with Gasteiger partial charge in [0.15, 0.2) is 0 Å². The Labute approximate surface area is 125 Å². The van der Waals surface area contributed by atoms with Gasteiger partial charge in [-0.1, -0.05) is 0 Å². The molecule has 3 rings (SSSR count). The van der Waals surface area contributed by atoms with E-state index in [1.807, 2.05) is 18.2 Å². The molecular weight excluding hydrogens is 262 g/mol. The lowest BCUT2D eigenvalue weighted by Crippen LogP contribution is -2.33.